The van der Waals surface area contributed by atoms with Crippen LogP contribution in [0.25, 0.3) is 0 Å². The molecule has 25 heavy (non-hydrogen) atoms. The lowest BCUT2D eigenvalue weighted by atomic mass is 10.0. The van der Waals surface area contributed by atoms with Crippen LogP contribution in [0.15, 0.2) is 40.1 Å². The van der Waals surface area contributed by atoms with E-state index >= 15 is 0 Å². The predicted molar refractivity (Wildman–Crippen MR) is 81.1 cm³/mol. The zero-order valence-corrected chi connectivity index (χ0v) is 13.6. The number of benzene rings is 1. The number of hydrogen-bond acceptors (Lipinski definition) is 3. The van der Waals surface area contributed by atoms with Gasteiger partial charge in [-0.25, -0.2) is 18.6 Å². The average molecular weight is 377 g/mol. The summed E-state index contributed by atoms with van der Waals surface area (Å²) in [4.78, 5) is 14.6. The maximum absolute atomic E-state index is 13.4. The van der Waals surface area contributed by atoms with Crippen LogP contribution < -0.4 is 0 Å². The van der Waals surface area contributed by atoms with Crippen molar-refractivity contribution in [1.82, 2.24) is 4.98 Å². The molecule has 1 aromatic carbocycles. The fraction of sp³-hybridized carbons (Fsp3) is 0.250. The summed E-state index contributed by atoms with van der Waals surface area (Å²) in [6, 6.07) is 8.11. The number of alkyl halides is 5. The number of carboxylic acid groups (broad SMARTS) is 1. The largest absolute Gasteiger partial charge is 0.478 e. The van der Waals surface area contributed by atoms with E-state index in [0.717, 1.165) is 11.8 Å². The molecule has 1 aromatic heterocycles. The summed E-state index contributed by atoms with van der Waals surface area (Å²) >= 11 is 0.771. The Bertz CT molecular complexity index is 778. The summed E-state index contributed by atoms with van der Waals surface area (Å²) in [6.07, 6.45) is -8.60. The molecule has 2 rings (SSSR count). The van der Waals surface area contributed by atoms with Crippen LogP contribution in [0.2, 0.25) is 0 Å². The van der Waals surface area contributed by atoms with Crippen molar-refractivity contribution in [2.24, 2.45) is 0 Å². The summed E-state index contributed by atoms with van der Waals surface area (Å²) in [7, 11) is 0. The number of carbonyl (C=O) groups is 1. The number of hydrogen-bond donors (Lipinski definition) is 1. The normalized spacial score (nSPS) is 11.8. The summed E-state index contributed by atoms with van der Waals surface area (Å²) in [6.45, 7) is 1.41. The van der Waals surface area contributed by atoms with Crippen molar-refractivity contribution >= 4 is 17.7 Å². The first-order valence-electron chi connectivity index (χ1n) is 7.05. The van der Waals surface area contributed by atoms with Crippen molar-refractivity contribution < 1.29 is 31.9 Å². The lowest BCUT2D eigenvalue weighted by Crippen LogP contribution is -2.20. The van der Waals surface area contributed by atoms with E-state index in [4.69, 9.17) is 0 Å². The molecule has 0 saturated carbocycles. The van der Waals surface area contributed by atoms with Gasteiger partial charge in [0.2, 0.25) is 0 Å². The molecule has 0 fully saturated rings. The molecule has 0 amide bonds. The van der Waals surface area contributed by atoms with Gasteiger partial charge < -0.3 is 5.11 Å². The van der Waals surface area contributed by atoms with E-state index in [1.165, 1.54) is 6.92 Å². The second kappa shape index (κ2) is 7.38. The van der Waals surface area contributed by atoms with E-state index < -0.39 is 35.5 Å². The highest BCUT2D eigenvalue weighted by Gasteiger charge is 2.41. The second-order valence-corrected chi connectivity index (χ2v) is 5.98. The van der Waals surface area contributed by atoms with Crippen LogP contribution in [0.3, 0.4) is 0 Å². The fourth-order valence-electron chi connectivity index (χ4n) is 2.28. The SMILES string of the molecule is CCc1c(Sc2ccccc2)c(C(F)F)nc(C(F)(F)F)c1C(=O)O. The molecule has 0 bridgehead atoms. The summed E-state index contributed by atoms with van der Waals surface area (Å²) in [5, 5.41) is 9.22. The van der Waals surface area contributed by atoms with Gasteiger partial charge in [-0.05, 0) is 24.1 Å². The lowest BCUT2D eigenvalue weighted by molar-refractivity contribution is -0.142. The Morgan fingerprint density at radius 3 is 2.28 bits per heavy atom. The van der Waals surface area contributed by atoms with Crippen LogP contribution >= 0.6 is 11.8 Å². The molecule has 1 heterocycles. The Morgan fingerprint density at radius 2 is 1.84 bits per heavy atom. The quantitative estimate of drug-likeness (QED) is 0.704. The summed E-state index contributed by atoms with van der Waals surface area (Å²) in [5.74, 6) is -1.85. The maximum Gasteiger partial charge on any atom is 0.434 e. The Kier molecular flexibility index (Phi) is 5.66. The van der Waals surface area contributed by atoms with E-state index in [2.05, 4.69) is 4.98 Å². The highest BCUT2D eigenvalue weighted by molar-refractivity contribution is 7.99. The monoisotopic (exact) mass is 377 g/mol. The topological polar surface area (TPSA) is 50.2 Å². The van der Waals surface area contributed by atoms with Crippen molar-refractivity contribution in [3.63, 3.8) is 0 Å². The molecule has 0 atom stereocenters. The number of carboxylic acids is 1. The Morgan fingerprint density at radius 1 is 1.24 bits per heavy atom. The van der Waals surface area contributed by atoms with Crippen LogP contribution in [-0.4, -0.2) is 16.1 Å². The number of aromatic carboxylic acids is 1. The van der Waals surface area contributed by atoms with Crippen molar-refractivity contribution in [2.45, 2.75) is 35.7 Å². The highest BCUT2D eigenvalue weighted by Crippen LogP contribution is 2.42. The Hall–Kier alpha value is -2.16. The summed E-state index contributed by atoms with van der Waals surface area (Å²) in [5.41, 5.74) is -4.26. The molecule has 0 radical (unpaired) electrons. The van der Waals surface area contributed by atoms with Gasteiger partial charge in [0.15, 0.2) is 5.69 Å². The minimum Gasteiger partial charge on any atom is -0.478 e. The van der Waals surface area contributed by atoms with Crippen LogP contribution in [0, 0.1) is 0 Å². The maximum atomic E-state index is 13.4. The van der Waals surface area contributed by atoms with Crippen LogP contribution in [0.4, 0.5) is 22.0 Å². The van der Waals surface area contributed by atoms with E-state index in [9.17, 15) is 31.9 Å². The van der Waals surface area contributed by atoms with Gasteiger partial charge in [0.05, 0.1) is 5.56 Å². The molecule has 134 valence electrons. The number of aromatic nitrogens is 1. The number of nitrogens with zero attached hydrogens (tertiary/aromatic N) is 1. The van der Waals surface area contributed by atoms with Crippen molar-refractivity contribution in [1.29, 1.82) is 0 Å². The fourth-order valence-corrected chi connectivity index (χ4v) is 3.42. The third-order valence-electron chi connectivity index (χ3n) is 3.28. The van der Waals surface area contributed by atoms with Crippen molar-refractivity contribution in [3.05, 3.63) is 52.8 Å². The van der Waals surface area contributed by atoms with E-state index in [-0.39, 0.29) is 16.9 Å². The van der Waals surface area contributed by atoms with E-state index in [0.29, 0.717) is 4.90 Å². The van der Waals surface area contributed by atoms with Crippen LogP contribution in [-0.2, 0) is 12.6 Å². The third-order valence-corrected chi connectivity index (χ3v) is 4.45. The number of halogens is 5. The van der Waals surface area contributed by atoms with Gasteiger partial charge in [-0.1, -0.05) is 36.9 Å². The molecule has 9 heteroatoms. The molecule has 0 aliphatic rings. The van der Waals surface area contributed by atoms with Crippen LogP contribution in [0.1, 0.15) is 40.7 Å². The van der Waals surface area contributed by atoms with Crippen molar-refractivity contribution in [3.8, 4) is 0 Å². The minimum atomic E-state index is -5.16. The number of rotatable bonds is 5. The van der Waals surface area contributed by atoms with Gasteiger partial charge in [0.25, 0.3) is 6.43 Å². The summed E-state index contributed by atoms with van der Waals surface area (Å²) < 4.78 is 66.2. The molecule has 0 aliphatic carbocycles. The van der Waals surface area contributed by atoms with Gasteiger partial charge in [-0.3, -0.25) is 0 Å². The lowest BCUT2D eigenvalue weighted by Gasteiger charge is -2.19. The second-order valence-electron chi connectivity index (χ2n) is 4.90. The molecule has 0 spiro atoms. The van der Waals surface area contributed by atoms with Gasteiger partial charge >= 0.3 is 12.1 Å². The minimum absolute atomic E-state index is 0.165. The first-order valence-corrected chi connectivity index (χ1v) is 7.86. The molecular weight excluding hydrogens is 365 g/mol. The molecule has 2 aromatic rings. The molecule has 0 aliphatic heterocycles. The third kappa shape index (κ3) is 4.09. The zero-order valence-electron chi connectivity index (χ0n) is 12.8. The predicted octanol–water partition coefficient (Wildman–Crippen LogP) is 5.45. The molecule has 0 unspecified atom stereocenters. The van der Waals surface area contributed by atoms with Gasteiger partial charge in [0, 0.05) is 9.79 Å². The van der Waals surface area contributed by atoms with E-state index in [1.54, 1.807) is 30.3 Å². The van der Waals surface area contributed by atoms with Gasteiger partial charge in [0.1, 0.15) is 5.69 Å². The first-order chi connectivity index (χ1) is 11.7. The highest BCUT2D eigenvalue weighted by atomic mass is 32.2. The molecule has 3 nitrogen and oxygen atoms in total. The molecular formula is C16H12F5NO2S. The van der Waals surface area contributed by atoms with Gasteiger partial charge in [-0.15, -0.1) is 0 Å². The standard InChI is InChI=1S/C16H12F5NO2S/c1-2-9-10(15(23)24)13(16(19,20)21)22-11(14(17)18)12(9)25-8-6-4-3-5-7-8/h3-7,14H,2H2,1H3,(H,23,24). The van der Waals surface area contributed by atoms with Crippen molar-refractivity contribution in [2.75, 3.05) is 0 Å². The zero-order chi connectivity index (χ0) is 18.8. The number of pyridine rings is 1. The van der Waals surface area contributed by atoms with Crippen LogP contribution in [0.5, 0.6) is 0 Å². The molecule has 1 N–H and O–H groups in total. The Labute approximate surface area is 143 Å². The van der Waals surface area contributed by atoms with E-state index in [1.807, 2.05) is 0 Å². The first kappa shape index (κ1) is 19.2. The average Bonchev–Trinajstić information content (AvgIpc) is 2.53. The molecule has 0 saturated heterocycles. The smallest absolute Gasteiger partial charge is 0.434 e. The Balaban J connectivity index is 2.80. The van der Waals surface area contributed by atoms with Gasteiger partial charge in [-0.2, -0.15) is 13.2 Å².